The largest absolute Gasteiger partial charge is 0.439 e. The van der Waals surface area contributed by atoms with Crippen LogP contribution in [0.5, 0.6) is 0 Å². The quantitative estimate of drug-likeness (QED) is 0.644. The zero-order valence-corrected chi connectivity index (χ0v) is 14.1. The molecule has 26 heavy (non-hydrogen) atoms. The molecule has 1 saturated heterocycles. The molecule has 3 nitrogen and oxygen atoms in total. The molecule has 1 aliphatic rings. The molecule has 4 heteroatoms. The highest BCUT2D eigenvalue weighted by Crippen LogP contribution is 2.43. The van der Waals surface area contributed by atoms with Gasteiger partial charge in [0.05, 0.1) is 0 Å². The van der Waals surface area contributed by atoms with Gasteiger partial charge in [0, 0.05) is 6.54 Å². The SMILES string of the molecule is O=C1O[C@H](c2ccccc2)[C@@H](c2ccccc2)N1Cc1cccc(F)c1. The third-order valence-electron chi connectivity index (χ3n) is 4.60. The third kappa shape index (κ3) is 3.18. The van der Waals surface area contributed by atoms with Gasteiger partial charge >= 0.3 is 6.09 Å². The van der Waals surface area contributed by atoms with Gasteiger partial charge in [-0.05, 0) is 28.8 Å². The molecule has 1 aliphatic heterocycles. The van der Waals surface area contributed by atoms with Crippen LogP contribution < -0.4 is 0 Å². The van der Waals surface area contributed by atoms with Crippen molar-refractivity contribution in [3.05, 3.63) is 107 Å². The molecule has 4 rings (SSSR count). The zero-order chi connectivity index (χ0) is 17.9. The van der Waals surface area contributed by atoms with E-state index in [0.29, 0.717) is 6.54 Å². The first-order valence-corrected chi connectivity index (χ1v) is 8.54. The van der Waals surface area contributed by atoms with Gasteiger partial charge in [-0.3, -0.25) is 4.90 Å². The Morgan fingerprint density at radius 3 is 2.15 bits per heavy atom. The first kappa shape index (κ1) is 16.3. The maximum absolute atomic E-state index is 13.6. The molecule has 0 aromatic heterocycles. The Balaban J connectivity index is 1.73. The highest BCUT2D eigenvalue weighted by Gasteiger charge is 2.43. The Bertz CT molecular complexity index is 898. The average Bonchev–Trinajstić information content (AvgIpc) is 3.00. The minimum absolute atomic E-state index is 0.269. The molecular formula is C22H18FNO2. The van der Waals surface area contributed by atoms with E-state index in [9.17, 15) is 9.18 Å². The van der Waals surface area contributed by atoms with Gasteiger partial charge in [0.15, 0.2) is 6.10 Å². The number of carbonyl (C=O) groups is 1. The van der Waals surface area contributed by atoms with Crippen LogP contribution in [0.3, 0.4) is 0 Å². The number of rotatable bonds is 4. The lowest BCUT2D eigenvalue weighted by molar-refractivity contribution is 0.129. The Labute approximate surface area is 151 Å². The van der Waals surface area contributed by atoms with E-state index >= 15 is 0 Å². The van der Waals surface area contributed by atoms with Crippen molar-refractivity contribution < 1.29 is 13.9 Å². The van der Waals surface area contributed by atoms with Crippen molar-refractivity contribution in [3.8, 4) is 0 Å². The summed E-state index contributed by atoms with van der Waals surface area (Å²) in [6.45, 7) is 0.291. The van der Waals surface area contributed by atoms with Crippen LogP contribution in [0.25, 0.3) is 0 Å². The third-order valence-corrected chi connectivity index (χ3v) is 4.60. The van der Waals surface area contributed by atoms with Gasteiger partial charge in [-0.15, -0.1) is 0 Å². The summed E-state index contributed by atoms with van der Waals surface area (Å²) in [5.41, 5.74) is 2.66. The number of halogens is 1. The summed E-state index contributed by atoms with van der Waals surface area (Å²) in [6, 6.07) is 25.6. The first-order valence-electron chi connectivity index (χ1n) is 8.54. The molecule has 1 amide bonds. The van der Waals surface area contributed by atoms with Crippen molar-refractivity contribution in [3.63, 3.8) is 0 Å². The highest BCUT2D eigenvalue weighted by atomic mass is 19.1. The monoisotopic (exact) mass is 347 g/mol. The van der Waals surface area contributed by atoms with Crippen LogP contribution in [0.2, 0.25) is 0 Å². The predicted molar refractivity (Wildman–Crippen MR) is 96.8 cm³/mol. The molecule has 3 aromatic rings. The van der Waals surface area contributed by atoms with E-state index < -0.39 is 12.2 Å². The summed E-state index contributed by atoms with van der Waals surface area (Å²) in [5, 5.41) is 0. The van der Waals surface area contributed by atoms with Crippen LogP contribution in [0.1, 0.15) is 28.8 Å². The molecule has 0 N–H and O–H groups in total. The summed E-state index contributed by atoms with van der Waals surface area (Å²) < 4.78 is 19.3. The smallest absolute Gasteiger partial charge is 0.411 e. The second-order valence-corrected chi connectivity index (χ2v) is 6.33. The summed E-state index contributed by atoms with van der Waals surface area (Å²) in [7, 11) is 0. The molecule has 0 spiro atoms. The maximum atomic E-state index is 13.6. The average molecular weight is 347 g/mol. The normalized spacial score (nSPS) is 19.4. The van der Waals surface area contributed by atoms with Crippen LogP contribution in [-0.2, 0) is 11.3 Å². The van der Waals surface area contributed by atoms with Gasteiger partial charge in [0.2, 0.25) is 0 Å². The van der Waals surface area contributed by atoms with Gasteiger partial charge in [0.25, 0.3) is 0 Å². The van der Waals surface area contributed by atoms with Crippen LogP contribution in [0.15, 0.2) is 84.9 Å². The molecule has 0 unspecified atom stereocenters. The van der Waals surface area contributed by atoms with Crippen molar-refractivity contribution in [1.82, 2.24) is 4.90 Å². The van der Waals surface area contributed by atoms with E-state index in [0.717, 1.165) is 16.7 Å². The number of hydrogen-bond donors (Lipinski definition) is 0. The van der Waals surface area contributed by atoms with Crippen LogP contribution in [0.4, 0.5) is 9.18 Å². The number of nitrogens with zero attached hydrogens (tertiary/aromatic N) is 1. The first-order chi connectivity index (χ1) is 12.7. The van der Waals surface area contributed by atoms with Crippen LogP contribution >= 0.6 is 0 Å². The van der Waals surface area contributed by atoms with E-state index in [-0.39, 0.29) is 11.9 Å². The fraction of sp³-hybridized carbons (Fsp3) is 0.136. The van der Waals surface area contributed by atoms with E-state index in [1.54, 1.807) is 11.0 Å². The second-order valence-electron chi connectivity index (χ2n) is 6.33. The molecular weight excluding hydrogens is 329 g/mol. The number of carbonyl (C=O) groups excluding carboxylic acids is 1. The van der Waals surface area contributed by atoms with Crippen molar-refractivity contribution in [2.75, 3.05) is 0 Å². The van der Waals surface area contributed by atoms with Crippen molar-refractivity contribution in [1.29, 1.82) is 0 Å². The van der Waals surface area contributed by atoms with Gasteiger partial charge in [-0.25, -0.2) is 9.18 Å². The number of ether oxygens (including phenoxy) is 1. The number of hydrogen-bond acceptors (Lipinski definition) is 2. The van der Waals surface area contributed by atoms with Gasteiger partial charge in [-0.1, -0.05) is 72.8 Å². The van der Waals surface area contributed by atoms with Gasteiger partial charge < -0.3 is 4.74 Å². The molecule has 1 heterocycles. The van der Waals surface area contributed by atoms with E-state index in [2.05, 4.69) is 0 Å². The Morgan fingerprint density at radius 1 is 0.846 bits per heavy atom. The Morgan fingerprint density at radius 2 is 1.50 bits per heavy atom. The van der Waals surface area contributed by atoms with Gasteiger partial charge in [0.1, 0.15) is 11.9 Å². The number of cyclic esters (lactones) is 1. The Hall–Kier alpha value is -3.14. The summed E-state index contributed by atoms with van der Waals surface area (Å²) in [5.74, 6) is -0.314. The molecule has 1 fully saturated rings. The minimum Gasteiger partial charge on any atom is -0.439 e. The van der Waals surface area contributed by atoms with Crippen molar-refractivity contribution >= 4 is 6.09 Å². The second kappa shape index (κ2) is 7.00. The molecule has 0 radical (unpaired) electrons. The van der Waals surface area contributed by atoms with E-state index in [4.69, 9.17) is 4.74 Å². The zero-order valence-electron chi connectivity index (χ0n) is 14.1. The van der Waals surface area contributed by atoms with E-state index in [1.807, 2.05) is 66.7 Å². The van der Waals surface area contributed by atoms with Crippen LogP contribution in [0, 0.1) is 5.82 Å². The van der Waals surface area contributed by atoms with Crippen molar-refractivity contribution in [2.24, 2.45) is 0 Å². The minimum atomic E-state index is -0.403. The molecule has 0 saturated carbocycles. The number of benzene rings is 3. The van der Waals surface area contributed by atoms with Crippen LogP contribution in [-0.4, -0.2) is 11.0 Å². The molecule has 3 aromatic carbocycles. The van der Waals surface area contributed by atoms with E-state index in [1.165, 1.54) is 12.1 Å². The topological polar surface area (TPSA) is 29.5 Å². The van der Waals surface area contributed by atoms with Gasteiger partial charge in [-0.2, -0.15) is 0 Å². The predicted octanol–water partition coefficient (Wildman–Crippen LogP) is 5.26. The molecule has 0 bridgehead atoms. The summed E-state index contributed by atoms with van der Waals surface area (Å²) >= 11 is 0. The standard InChI is InChI=1S/C22H18FNO2/c23-19-13-7-8-16(14-19)15-24-20(17-9-3-1-4-10-17)21(26-22(24)25)18-11-5-2-6-12-18/h1-14,20-21H,15H2/t20-,21-/m1/s1. The molecule has 2 atom stereocenters. The lowest BCUT2D eigenvalue weighted by Crippen LogP contribution is -2.27. The fourth-order valence-electron chi connectivity index (χ4n) is 3.41. The fourth-order valence-corrected chi connectivity index (χ4v) is 3.41. The Kier molecular flexibility index (Phi) is 4.40. The summed E-state index contributed by atoms with van der Waals surface area (Å²) in [6.07, 6.45) is -0.795. The highest BCUT2D eigenvalue weighted by molar-refractivity contribution is 5.71. The number of amides is 1. The molecule has 130 valence electrons. The lowest BCUT2D eigenvalue weighted by atomic mass is 9.95. The van der Waals surface area contributed by atoms with Crippen molar-refractivity contribution in [2.45, 2.75) is 18.7 Å². The lowest BCUT2D eigenvalue weighted by Gasteiger charge is -2.25. The maximum Gasteiger partial charge on any atom is 0.411 e. The molecule has 0 aliphatic carbocycles. The summed E-state index contributed by atoms with van der Waals surface area (Å²) in [4.78, 5) is 14.3.